The second kappa shape index (κ2) is 5.97. The quantitative estimate of drug-likeness (QED) is 0.867. The molecule has 1 saturated heterocycles. The summed E-state index contributed by atoms with van der Waals surface area (Å²) in [5.41, 5.74) is -0.190. The second-order valence-corrected chi connectivity index (χ2v) is 6.10. The van der Waals surface area contributed by atoms with Gasteiger partial charge in [-0.15, -0.1) is 0 Å². The Kier molecular flexibility index (Phi) is 4.46. The van der Waals surface area contributed by atoms with Crippen LogP contribution in [0.15, 0.2) is 18.2 Å². The average Bonchev–Trinajstić information content (AvgIpc) is 2.35. The summed E-state index contributed by atoms with van der Waals surface area (Å²) in [6.45, 7) is 6.82. The largest absolute Gasteiger partial charge is 0.444 e. The molecule has 0 radical (unpaired) electrons. The van der Waals surface area contributed by atoms with E-state index in [-0.39, 0.29) is 0 Å². The smallest absolute Gasteiger partial charge is 0.410 e. The molecule has 21 heavy (non-hydrogen) atoms. The third-order valence-electron chi connectivity index (χ3n) is 3.14. The summed E-state index contributed by atoms with van der Waals surface area (Å²) in [4.78, 5) is 13.8. The van der Waals surface area contributed by atoms with E-state index in [1.165, 1.54) is 17.0 Å². The molecular formula is C15H20F2N2O2. The van der Waals surface area contributed by atoms with Crippen molar-refractivity contribution in [2.75, 3.05) is 19.6 Å². The summed E-state index contributed by atoms with van der Waals surface area (Å²) >= 11 is 0. The summed E-state index contributed by atoms with van der Waals surface area (Å²) in [6.07, 6.45) is -0.473. The highest BCUT2D eigenvalue weighted by Gasteiger charge is 2.31. The number of halogens is 2. The Bertz CT molecular complexity index is 509. The Morgan fingerprint density at radius 1 is 1.29 bits per heavy atom. The SMILES string of the molecule is CC(C)(C)OC(=O)N1CCNC[C@@H]1c1cc(F)cc(F)c1. The first kappa shape index (κ1) is 15.7. The van der Waals surface area contributed by atoms with Gasteiger partial charge in [0.15, 0.2) is 0 Å². The molecule has 1 aromatic rings. The fourth-order valence-corrected chi connectivity index (χ4v) is 2.31. The minimum atomic E-state index is -0.653. The van der Waals surface area contributed by atoms with Crippen LogP contribution in [-0.4, -0.2) is 36.2 Å². The third-order valence-corrected chi connectivity index (χ3v) is 3.14. The molecule has 1 fully saturated rings. The van der Waals surface area contributed by atoms with Crippen molar-refractivity contribution in [3.8, 4) is 0 Å². The van der Waals surface area contributed by atoms with Crippen molar-refractivity contribution in [2.24, 2.45) is 0 Å². The number of amides is 1. The summed E-state index contributed by atoms with van der Waals surface area (Å²) in [6, 6.07) is 2.87. The first-order valence-corrected chi connectivity index (χ1v) is 6.92. The zero-order valence-electron chi connectivity index (χ0n) is 12.5. The topological polar surface area (TPSA) is 41.6 Å². The molecule has 1 amide bonds. The number of nitrogens with one attached hydrogen (secondary N) is 1. The monoisotopic (exact) mass is 298 g/mol. The summed E-state index contributed by atoms with van der Waals surface area (Å²) < 4.78 is 32.1. The highest BCUT2D eigenvalue weighted by Crippen LogP contribution is 2.25. The van der Waals surface area contributed by atoms with E-state index in [4.69, 9.17) is 4.74 Å². The van der Waals surface area contributed by atoms with E-state index < -0.39 is 29.4 Å². The van der Waals surface area contributed by atoms with Crippen LogP contribution in [0.5, 0.6) is 0 Å². The highest BCUT2D eigenvalue weighted by molar-refractivity contribution is 5.69. The second-order valence-electron chi connectivity index (χ2n) is 6.10. The van der Waals surface area contributed by atoms with E-state index in [0.717, 1.165) is 6.07 Å². The normalized spacial score (nSPS) is 19.5. The fraction of sp³-hybridized carbons (Fsp3) is 0.533. The van der Waals surface area contributed by atoms with E-state index in [9.17, 15) is 13.6 Å². The van der Waals surface area contributed by atoms with Crippen molar-refractivity contribution in [3.05, 3.63) is 35.4 Å². The van der Waals surface area contributed by atoms with Gasteiger partial charge in [-0.2, -0.15) is 0 Å². The molecule has 0 saturated carbocycles. The van der Waals surface area contributed by atoms with Crippen LogP contribution in [0.25, 0.3) is 0 Å². The Labute approximate surface area is 123 Å². The minimum Gasteiger partial charge on any atom is -0.444 e. The van der Waals surface area contributed by atoms with Gasteiger partial charge in [0.25, 0.3) is 0 Å². The molecule has 6 heteroatoms. The van der Waals surface area contributed by atoms with Crippen molar-refractivity contribution in [1.82, 2.24) is 10.2 Å². The van der Waals surface area contributed by atoms with Crippen molar-refractivity contribution in [3.63, 3.8) is 0 Å². The molecule has 1 aromatic carbocycles. The number of nitrogens with zero attached hydrogens (tertiary/aromatic N) is 1. The van der Waals surface area contributed by atoms with Crippen LogP contribution < -0.4 is 5.32 Å². The summed E-state index contributed by atoms with van der Waals surface area (Å²) in [5.74, 6) is -1.31. The van der Waals surface area contributed by atoms with Gasteiger partial charge in [-0.3, -0.25) is 4.90 Å². The lowest BCUT2D eigenvalue weighted by molar-refractivity contribution is 0.0117. The first-order chi connectivity index (χ1) is 9.76. The van der Waals surface area contributed by atoms with E-state index in [1.807, 2.05) is 0 Å². The Morgan fingerprint density at radius 2 is 1.90 bits per heavy atom. The van der Waals surface area contributed by atoms with Crippen LogP contribution in [0.3, 0.4) is 0 Å². The van der Waals surface area contributed by atoms with E-state index in [2.05, 4.69) is 5.32 Å². The number of hydrogen-bond acceptors (Lipinski definition) is 3. The number of rotatable bonds is 1. The fourth-order valence-electron chi connectivity index (χ4n) is 2.31. The van der Waals surface area contributed by atoms with E-state index >= 15 is 0 Å². The minimum absolute atomic E-state index is 0.422. The third kappa shape index (κ3) is 4.14. The lowest BCUT2D eigenvalue weighted by Crippen LogP contribution is -2.50. The molecule has 0 unspecified atom stereocenters. The molecule has 1 atom stereocenters. The number of piperazine rings is 1. The van der Waals surface area contributed by atoms with Crippen molar-refractivity contribution < 1.29 is 18.3 Å². The predicted molar refractivity (Wildman–Crippen MR) is 74.9 cm³/mol. The standard InChI is InChI=1S/C15H20F2N2O2/c1-15(2,3)21-14(20)19-5-4-18-9-13(19)10-6-11(16)8-12(17)7-10/h6-8,13,18H,4-5,9H2,1-3H3/t13-/m1/s1. The number of carbonyl (C=O) groups excluding carboxylic acids is 1. The Morgan fingerprint density at radius 3 is 2.48 bits per heavy atom. The maximum Gasteiger partial charge on any atom is 0.410 e. The molecule has 0 aromatic heterocycles. The van der Waals surface area contributed by atoms with Gasteiger partial charge in [-0.25, -0.2) is 13.6 Å². The van der Waals surface area contributed by atoms with Crippen LogP contribution in [0, 0.1) is 11.6 Å². The Hall–Kier alpha value is -1.69. The van der Waals surface area contributed by atoms with Crippen LogP contribution in [-0.2, 0) is 4.74 Å². The molecule has 1 aliphatic rings. The van der Waals surface area contributed by atoms with Gasteiger partial charge in [-0.1, -0.05) is 0 Å². The Balaban J connectivity index is 2.24. The zero-order valence-corrected chi connectivity index (χ0v) is 12.5. The molecule has 0 spiro atoms. The van der Waals surface area contributed by atoms with E-state index in [0.29, 0.717) is 25.2 Å². The number of benzene rings is 1. The molecule has 4 nitrogen and oxygen atoms in total. The lowest BCUT2D eigenvalue weighted by Gasteiger charge is -2.37. The molecular weight excluding hydrogens is 278 g/mol. The molecule has 116 valence electrons. The molecule has 1 N–H and O–H groups in total. The highest BCUT2D eigenvalue weighted by atomic mass is 19.1. The average molecular weight is 298 g/mol. The van der Waals surface area contributed by atoms with Crippen molar-refractivity contribution in [2.45, 2.75) is 32.4 Å². The van der Waals surface area contributed by atoms with Crippen LogP contribution >= 0.6 is 0 Å². The first-order valence-electron chi connectivity index (χ1n) is 6.92. The predicted octanol–water partition coefficient (Wildman–Crippen LogP) is 2.85. The number of hydrogen-bond donors (Lipinski definition) is 1. The number of ether oxygens (including phenoxy) is 1. The van der Waals surface area contributed by atoms with Crippen molar-refractivity contribution >= 4 is 6.09 Å². The van der Waals surface area contributed by atoms with Crippen LogP contribution in [0.4, 0.5) is 13.6 Å². The lowest BCUT2D eigenvalue weighted by atomic mass is 10.0. The summed E-state index contributed by atoms with van der Waals surface area (Å²) in [7, 11) is 0. The summed E-state index contributed by atoms with van der Waals surface area (Å²) in [5, 5.41) is 3.13. The zero-order chi connectivity index (χ0) is 15.6. The van der Waals surface area contributed by atoms with Gasteiger partial charge >= 0.3 is 6.09 Å². The van der Waals surface area contributed by atoms with Gasteiger partial charge in [0.05, 0.1) is 6.04 Å². The maximum atomic E-state index is 13.4. The molecule has 2 rings (SSSR count). The molecule has 0 bridgehead atoms. The molecule has 1 aliphatic heterocycles. The molecule has 1 heterocycles. The van der Waals surface area contributed by atoms with E-state index in [1.54, 1.807) is 20.8 Å². The van der Waals surface area contributed by atoms with Gasteiger partial charge < -0.3 is 10.1 Å². The van der Waals surface area contributed by atoms with Gasteiger partial charge in [-0.05, 0) is 38.5 Å². The van der Waals surface area contributed by atoms with Crippen LogP contribution in [0.1, 0.15) is 32.4 Å². The number of carbonyl (C=O) groups is 1. The molecule has 0 aliphatic carbocycles. The van der Waals surface area contributed by atoms with Gasteiger partial charge in [0.1, 0.15) is 17.2 Å². The van der Waals surface area contributed by atoms with Gasteiger partial charge in [0.2, 0.25) is 0 Å². The van der Waals surface area contributed by atoms with Crippen molar-refractivity contribution in [1.29, 1.82) is 0 Å². The van der Waals surface area contributed by atoms with Gasteiger partial charge in [0, 0.05) is 25.7 Å². The maximum absolute atomic E-state index is 13.4. The van der Waals surface area contributed by atoms with Crippen LogP contribution in [0.2, 0.25) is 0 Å².